The minimum Gasteiger partial charge on any atom is -0.357 e. The van der Waals surface area contributed by atoms with Crippen molar-refractivity contribution >= 4 is 29.0 Å². The summed E-state index contributed by atoms with van der Waals surface area (Å²) in [7, 11) is 1.79. The van der Waals surface area contributed by atoms with Crippen molar-refractivity contribution in [2.45, 2.75) is 6.92 Å². The molecular weight excluding hydrogens is 314 g/mol. The molecule has 3 N–H and O–H groups in total. The number of aromatic nitrogens is 2. The third kappa shape index (κ3) is 4.32. The molecule has 0 unspecified atom stereocenters. The molecule has 1 aromatic heterocycles. The number of hydrogen-bond acceptors (Lipinski definition) is 5. The van der Waals surface area contributed by atoms with E-state index in [1.807, 2.05) is 60.7 Å². The first kappa shape index (κ1) is 16.4. The van der Waals surface area contributed by atoms with E-state index in [0.717, 1.165) is 22.6 Å². The topological polar surface area (TPSA) is 78.9 Å². The van der Waals surface area contributed by atoms with Crippen LogP contribution in [0.4, 0.5) is 23.1 Å². The van der Waals surface area contributed by atoms with Crippen LogP contribution in [0.5, 0.6) is 0 Å². The molecule has 6 nitrogen and oxygen atoms in total. The second-order valence-electron chi connectivity index (χ2n) is 5.46. The number of anilines is 4. The lowest BCUT2D eigenvalue weighted by Gasteiger charge is -2.11. The summed E-state index contributed by atoms with van der Waals surface area (Å²) in [5, 5.41) is 8.99. The van der Waals surface area contributed by atoms with Gasteiger partial charge in [-0.05, 0) is 24.3 Å². The van der Waals surface area contributed by atoms with E-state index in [4.69, 9.17) is 0 Å². The number of carbonyl (C=O) groups excluding carboxylic acids is 1. The first-order chi connectivity index (χ1) is 12.1. The van der Waals surface area contributed by atoms with Crippen LogP contribution in [0.25, 0.3) is 11.3 Å². The van der Waals surface area contributed by atoms with Crippen LogP contribution in [0.3, 0.4) is 0 Å². The molecule has 1 amide bonds. The third-order valence-corrected chi connectivity index (χ3v) is 3.50. The van der Waals surface area contributed by atoms with Gasteiger partial charge in [0.25, 0.3) is 0 Å². The van der Waals surface area contributed by atoms with Gasteiger partial charge in [-0.15, -0.1) is 0 Å². The molecule has 6 heteroatoms. The van der Waals surface area contributed by atoms with Crippen molar-refractivity contribution in [3.8, 4) is 11.3 Å². The zero-order valence-electron chi connectivity index (χ0n) is 14.1. The fourth-order valence-corrected chi connectivity index (χ4v) is 2.37. The van der Waals surface area contributed by atoms with E-state index in [1.54, 1.807) is 7.05 Å². The van der Waals surface area contributed by atoms with Gasteiger partial charge in [0.15, 0.2) is 0 Å². The highest BCUT2D eigenvalue weighted by molar-refractivity contribution is 5.88. The molecule has 2 aromatic carbocycles. The van der Waals surface area contributed by atoms with Gasteiger partial charge in [-0.25, -0.2) is 4.98 Å². The van der Waals surface area contributed by atoms with Crippen LogP contribution in [0.1, 0.15) is 6.92 Å². The number of carbonyl (C=O) groups is 1. The van der Waals surface area contributed by atoms with Gasteiger partial charge in [-0.3, -0.25) is 4.79 Å². The van der Waals surface area contributed by atoms with Gasteiger partial charge in [-0.1, -0.05) is 30.3 Å². The average Bonchev–Trinajstić information content (AvgIpc) is 2.63. The Kier molecular flexibility index (Phi) is 4.89. The molecule has 0 aliphatic carbocycles. The summed E-state index contributed by atoms with van der Waals surface area (Å²) in [6, 6.07) is 19.3. The normalized spacial score (nSPS) is 10.2. The molecule has 0 aliphatic rings. The van der Waals surface area contributed by atoms with Crippen molar-refractivity contribution in [1.29, 1.82) is 0 Å². The van der Waals surface area contributed by atoms with E-state index in [9.17, 15) is 4.79 Å². The molecule has 3 aromatic rings. The summed E-state index contributed by atoms with van der Waals surface area (Å²) in [6.45, 7) is 1.48. The van der Waals surface area contributed by atoms with Crippen LogP contribution < -0.4 is 16.0 Å². The van der Waals surface area contributed by atoms with E-state index in [1.165, 1.54) is 6.92 Å². The predicted octanol–water partition coefficient (Wildman–Crippen LogP) is 3.89. The fourth-order valence-electron chi connectivity index (χ4n) is 2.37. The van der Waals surface area contributed by atoms with Crippen molar-refractivity contribution in [3.63, 3.8) is 0 Å². The Morgan fingerprint density at radius 3 is 2.24 bits per heavy atom. The van der Waals surface area contributed by atoms with Gasteiger partial charge in [0.2, 0.25) is 11.9 Å². The van der Waals surface area contributed by atoms with E-state index in [0.29, 0.717) is 11.8 Å². The number of nitrogens with zero attached hydrogens (tertiary/aromatic N) is 2. The van der Waals surface area contributed by atoms with E-state index < -0.39 is 0 Å². The summed E-state index contributed by atoms with van der Waals surface area (Å²) in [4.78, 5) is 20.0. The predicted molar refractivity (Wildman–Crippen MR) is 101 cm³/mol. The van der Waals surface area contributed by atoms with Crippen LogP contribution in [0.15, 0.2) is 60.7 Å². The molecule has 126 valence electrons. The Balaban J connectivity index is 1.85. The van der Waals surface area contributed by atoms with Gasteiger partial charge in [0, 0.05) is 37.0 Å². The smallest absolute Gasteiger partial charge is 0.224 e. The molecule has 0 fully saturated rings. The van der Waals surface area contributed by atoms with Gasteiger partial charge in [0.05, 0.1) is 5.69 Å². The van der Waals surface area contributed by atoms with Crippen molar-refractivity contribution in [2.24, 2.45) is 0 Å². The summed E-state index contributed by atoms with van der Waals surface area (Å²) in [6.07, 6.45) is 0. The molecule has 0 bridgehead atoms. The zero-order valence-corrected chi connectivity index (χ0v) is 14.1. The molecule has 0 radical (unpaired) electrons. The summed E-state index contributed by atoms with van der Waals surface area (Å²) in [5.41, 5.74) is 3.47. The number of benzene rings is 2. The minimum absolute atomic E-state index is 0.0947. The molecule has 1 heterocycles. The first-order valence-corrected chi connectivity index (χ1v) is 7.91. The molecule has 0 spiro atoms. The highest BCUT2D eigenvalue weighted by Crippen LogP contribution is 2.24. The molecule has 25 heavy (non-hydrogen) atoms. The summed E-state index contributed by atoms with van der Waals surface area (Å²) < 4.78 is 0. The number of nitrogens with one attached hydrogen (secondary N) is 3. The SMILES string of the molecule is CNc1nc(Nc2ccc(NC(C)=O)cc2)cc(-c2ccccc2)n1. The van der Waals surface area contributed by atoms with Gasteiger partial charge in [0.1, 0.15) is 5.82 Å². The summed E-state index contributed by atoms with van der Waals surface area (Å²) in [5.74, 6) is 1.13. The van der Waals surface area contributed by atoms with E-state index in [2.05, 4.69) is 25.9 Å². The van der Waals surface area contributed by atoms with Crippen LogP contribution in [-0.4, -0.2) is 22.9 Å². The van der Waals surface area contributed by atoms with Gasteiger partial charge >= 0.3 is 0 Å². The molecular formula is C19H19N5O. The van der Waals surface area contributed by atoms with Gasteiger partial charge < -0.3 is 16.0 Å². The Morgan fingerprint density at radius 2 is 1.60 bits per heavy atom. The minimum atomic E-state index is -0.0947. The second-order valence-corrected chi connectivity index (χ2v) is 5.46. The number of hydrogen-bond donors (Lipinski definition) is 3. The van der Waals surface area contributed by atoms with Crippen molar-refractivity contribution in [1.82, 2.24) is 9.97 Å². The van der Waals surface area contributed by atoms with Crippen molar-refractivity contribution in [3.05, 3.63) is 60.7 Å². The maximum Gasteiger partial charge on any atom is 0.224 e. The number of rotatable bonds is 5. The Hall–Kier alpha value is -3.41. The number of amides is 1. The second kappa shape index (κ2) is 7.44. The molecule has 0 saturated heterocycles. The Morgan fingerprint density at radius 1 is 0.920 bits per heavy atom. The Labute approximate surface area is 146 Å². The largest absolute Gasteiger partial charge is 0.357 e. The average molecular weight is 333 g/mol. The fraction of sp³-hybridized carbons (Fsp3) is 0.105. The standard InChI is InChI=1S/C19H19N5O/c1-13(25)21-15-8-10-16(11-9-15)22-18-12-17(23-19(20-2)24-18)14-6-4-3-5-7-14/h3-12H,1-2H3,(H,21,25)(H2,20,22,23,24). The van der Waals surface area contributed by atoms with Crippen LogP contribution in [0, 0.1) is 0 Å². The monoisotopic (exact) mass is 333 g/mol. The lowest BCUT2D eigenvalue weighted by molar-refractivity contribution is -0.114. The molecule has 0 aliphatic heterocycles. The lowest BCUT2D eigenvalue weighted by atomic mass is 10.1. The zero-order chi connectivity index (χ0) is 17.6. The van der Waals surface area contributed by atoms with Crippen molar-refractivity contribution in [2.75, 3.05) is 23.0 Å². The highest BCUT2D eigenvalue weighted by atomic mass is 16.1. The van der Waals surface area contributed by atoms with Crippen LogP contribution in [0.2, 0.25) is 0 Å². The lowest BCUT2D eigenvalue weighted by Crippen LogP contribution is -2.05. The highest BCUT2D eigenvalue weighted by Gasteiger charge is 2.06. The van der Waals surface area contributed by atoms with E-state index in [-0.39, 0.29) is 5.91 Å². The van der Waals surface area contributed by atoms with Crippen LogP contribution >= 0.6 is 0 Å². The maximum absolute atomic E-state index is 11.1. The quantitative estimate of drug-likeness (QED) is 0.660. The molecule has 0 saturated carbocycles. The Bertz CT molecular complexity index is 863. The molecule has 0 atom stereocenters. The third-order valence-electron chi connectivity index (χ3n) is 3.50. The van der Waals surface area contributed by atoms with Crippen LogP contribution in [-0.2, 0) is 4.79 Å². The van der Waals surface area contributed by atoms with E-state index >= 15 is 0 Å². The van der Waals surface area contributed by atoms with Crippen molar-refractivity contribution < 1.29 is 4.79 Å². The summed E-state index contributed by atoms with van der Waals surface area (Å²) >= 11 is 0. The molecule has 3 rings (SSSR count). The maximum atomic E-state index is 11.1. The first-order valence-electron chi connectivity index (χ1n) is 7.91. The van der Waals surface area contributed by atoms with Gasteiger partial charge in [-0.2, -0.15) is 4.98 Å².